The predicted octanol–water partition coefficient (Wildman–Crippen LogP) is 3.58. The van der Waals surface area contributed by atoms with E-state index >= 15 is 0 Å². The summed E-state index contributed by atoms with van der Waals surface area (Å²) < 4.78 is 11.4. The van der Waals surface area contributed by atoms with Gasteiger partial charge in [0.15, 0.2) is 6.04 Å². The molecule has 1 heterocycles. The molecule has 3 rings (SSSR count). The molecule has 1 atom stereocenters. The molecule has 0 radical (unpaired) electrons. The van der Waals surface area contributed by atoms with E-state index in [-0.39, 0.29) is 12.4 Å². The highest BCUT2D eigenvalue weighted by molar-refractivity contribution is 5.95. The highest BCUT2D eigenvalue weighted by Crippen LogP contribution is 2.29. The molecule has 2 aromatic carbocycles. The lowest BCUT2D eigenvalue weighted by molar-refractivity contribution is -0.138. The van der Waals surface area contributed by atoms with E-state index < -0.39 is 12.0 Å². The van der Waals surface area contributed by atoms with Crippen molar-refractivity contribution in [1.82, 2.24) is 4.98 Å². The van der Waals surface area contributed by atoms with Gasteiger partial charge in [-0.3, -0.25) is 10.4 Å². The molecule has 31 heavy (non-hydrogen) atoms. The summed E-state index contributed by atoms with van der Waals surface area (Å²) in [4.78, 5) is 16.3. The van der Waals surface area contributed by atoms with E-state index in [2.05, 4.69) is 10.3 Å². The second kappa shape index (κ2) is 10.1. The fourth-order valence-corrected chi connectivity index (χ4v) is 2.93. The topological polar surface area (TPSA) is 131 Å². The van der Waals surface area contributed by atoms with Crippen LogP contribution in [0.5, 0.6) is 11.5 Å². The maximum Gasteiger partial charge on any atom is 0.330 e. The second-order valence-electron chi connectivity index (χ2n) is 6.69. The van der Waals surface area contributed by atoms with Crippen molar-refractivity contribution in [3.05, 3.63) is 83.7 Å². The Kier molecular flexibility index (Phi) is 7.05. The number of hydrogen-bond donors (Lipinski definition) is 4. The van der Waals surface area contributed by atoms with Crippen molar-refractivity contribution in [3.8, 4) is 11.5 Å². The maximum atomic E-state index is 12.0. The van der Waals surface area contributed by atoms with E-state index in [4.69, 9.17) is 20.6 Å². The summed E-state index contributed by atoms with van der Waals surface area (Å²) in [5.41, 5.74) is 7.84. The van der Waals surface area contributed by atoms with Gasteiger partial charge in [0.2, 0.25) is 0 Å². The van der Waals surface area contributed by atoms with Gasteiger partial charge in [-0.15, -0.1) is 0 Å². The molecular formula is C23H24N4O4. The van der Waals surface area contributed by atoms with Gasteiger partial charge in [0.1, 0.15) is 23.9 Å². The lowest BCUT2D eigenvalue weighted by Gasteiger charge is -2.19. The van der Waals surface area contributed by atoms with Gasteiger partial charge in [0.25, 0.3) is 0 Å². The number of anilines is 1. The van der Waals surface area contributed by atoms with Crippen LogP contribution in [0.4, 0.5) is 5.69 Å². The van der Waals surface area contributed by atoms with Crippen LogP contribution in [-0.2, 0) is 11.4 Å². The number of pyridine rings is 1. The summed E-state index contributed by atoms with van der Waals surface area (Å²) in [6.07, 6.45) is 1.68. The third-order valence-corrected chi connectivity index (χ3v) is 4.41. The molecule has 0 aliphatic heterocycles. The zero-order valence-corrected chi connectivity index (χ0v) is 17.0. The molecule has 160 valence electrons. The quantitative estimate of drug-likeness (QED) is 0.291. The first kappa shape index (κ1) is 21.6. The van der Waals surface area contributed by atoms with Crippen molar-refractivity contribution in [2.24, 2.45) is 5.73 Å². The van der Waals surface area contributed by atoms with Crippen LogP contribution < -0.4 is 20.5 Å². The third-order valence-electron chi connectivity index (χ3n) is 4.41. The van der Waals surface area contributed by atoms with Crippen LogP contribution in [-0.4, -0.2) is 28.5 Å². The van der Waals surface area contributed by atoms with Gasteiger partial charge in [-0.05, 0) is 61.0 Å². The van der Waals surface area contributed by atoms with E-state index in [9.17, 15) is 9.90 Å². The number of carbonyl (C=O) groups is 1. The zero-order valence-electron chi connectivity index (χ0n) is 17.0. The number of hydrogen-bond acceptors (Lipinski definition) is 6. The molecule has 0 fully saturated rings. The number of rotatable bonds is 10. The zero-order chi connectivity index (χ0) is 22.2. The van der Waals surface area contributed by atoms with Crippen LogP contribution in [0.2, 0.25) is 0 Å². The summed E-state index contributed by atoms with van der Waals surface area (Å²) in [6.45, 7) is 2.53. The number of aromatic nitrogens is 1. The van der Waals surface area contributed by atoms with Crippen molar-refractivity contribution >= 4 is 17.5 Å². The molecule has 8 heteroatoms. The van der Waals surface area contributed by atoms with Gasteiger partial charge in [-0.1, -0.05) is 6.07 Å². The lowest BCUT2D eigenvalue weighted by atomic mass is 10.1. The standard InChI is InChI=1S/C23H24N4O4/c1-2-30-19-11-16(12-20(13-19)31-14-18-5-3-4-10-26-18)21(23(28)29)27-17-8-6-15(7-9-17)22(24)25/h3-13,21,27H,2,14H2,1H3,(H3,24,25)(H,28,29)/t21-/m1/s1. The molecule has 0 amide bonds. The van der Waals surface area contributed by atoms with Crippen LogP contribution in [0.3, 0.4) is 0 Å². The Morgan fingerprint density at radius 3 is 2.42 bits per heavy atom. The number of aliphatic carboxylic acids is 1. The minimum absolute atomic E-state index is 0.0551. The SMILES string of the molecule is CCOc1cc(OCc2ccccn2)cc([C@@H](Nc2ccc(C(=N)N)cc2)C(=O)O)c1. The van der Waals surface area contributed by atoms with E-state index in [1.165, 1.54) is 0 Å². The number of benzene rings is 2. The molecular weight excluding hydrogens is 396 g/mol. The number of nitrogens with zero attached hydrogens (tertiary/aromatic N) is 1. The lowest BCUT2D eigenvalue weighted by Crippen LogP contribution is -2.21. The number of carboxylic acid groups (broad SMARTS) is 1. The Morgan fingerprint density at radius 1 is 1.13 bits per heavy atom. The first-order valence-electron chi connectivity index (χ1n) is 9.70. The van der Waals surface area contributed by atoms with Gasteiger partial charge in [-0.2, -0.15) is 0 Å². The highest BCUT2D eigenvalue weighted by atomic mass is 16.5. The largest absolute Gasteiger partial charge is 0.494 e. The molecule has 0 aliphatic rings. The van der Waals surface area contributed by atoms with Crippen molar-refractivity contribution in [3.63, 3.8) is 0 Å². The monoisotopic (exact) mass is 420 g/mol. The third kappa shape index (κ3) is 5.96. The molecule has 0 saturated carbocycles. The van der Waals surface area contributed by atoms with E-state index in [0.29, 0.717) is 34.9 Å². The first-order chi connectivity index (χ1) is 15.0. The van der Waals surface area contributed by atoms with Gasteiger partial charge >= 0.3 is 5.97 Å². The summed E-state index contributed by atoms with van der Waals surface area (Å²) in [5, 5.41) is 20.3. The summed E-state index contributed by atoms with van der Waals surface area (Å²) in [6, 6.07) is 16.2. The molecule has 3 aromatic rings. The van der Waals surface area contributed by atoms with Crippen LogP contribution in [0, 0.1) is 5.41 Å². The fourth-order valence-electron chi connectivity index (χ4n) is 2.93. The Morgan fingerprint density at radius 2 is 1.84 bits per heavy atom. The minimum Gasteiger partial charge on any atom is -0.494 e. The van der Waals surface area contributed by atoms with Crippen LogP contribution >= 0.6 is 0 Å². The average molecular weight is 420 g/mol. The number of nitrogens with one attached hydrogen (secondary N) is 2. The molecule has 8 nitrogen and oxygen atoms in total. The Balaban J connectivity index is 1.86. The summed E-state index contributed by atoms with van der Waals surface area (Å²) in [5.74, 6) is -0.122. The first-order valence-corrected chi connectivity index (χ1v) is 9.70. The Bertz CT molecular complexity index is 1040. The van der Waals surface area contributed by atoms with Crippen LogP contribution in [0.1, 0.15) is 29.8 Å². The molecule has 1 aromatic heterocycles. The van der Waals surface area contributed by atoms with Crippen molar-refractivity contribution in [1.29, 1.82) is 5.41 Å². The molecule has 0 unspecified atom stereocenters. The predicted molar refractivity (Wildman–Crippen MR) is 118 cm³/mol. The van der Waals surface area contributed by atoms with Crippen molar-refractivity contribution in [2.75, 3.05) is 11.9 Å². The van der Waals surface area contributed by atoms with Gasteiger partial charge < -0.3 is 25.6 Å². The normalized spacial score (nSPS) is 11.4. The van der Waals surface area contributed by atoms with Crippen LogP contribution in [0.15, 0.2) is 66.9 Å². The smallest absolute Gasteiger partial charge is 0.330 e. The average Bonchev–Trinajstić information content (AvgIpc) is 2.77. The van der Waals surface area contributed by atoms with E-state index in [1.807, 2.05) is 25.1 Å². The fraction of sp³-hybridized carbons (Fsp3) is 0.174. The molecule has 0 bridgehead atoms. The van der Waals surface area contributed by atoms with Crippen molar-refractivity contribution in [2.45, 2.75) is 19.6 Å². The minimum atomic E-state index is -1.06. The molecule has 0 saturated heterocycles. The van der Waals surface area contributed by atoms with E-state index in [0.717, 1.165) is 5.69 Å². The van der Waals surface area contributed by atoms with Crippen molar-refractivity contribution < 1.29 is 19.4 Å². The number of nitrogens with two attached hydrogens (primary N) is 1. The highest BCUT2D eigenvalue weighted by Gasteiger charge is 2.22. The number of amidine groups is 1. The van der Waals surface area contributed by atoms with Gasteiger partial charge in [0, 0.05) is 23.5 Å². The number of ether oxygens (including phenoxy) is 2. The molecule has 0 spiro atoms. The molecule has 0 aliphatic carbocycles. The number of nitrogen functional groups attached to an aromatic ring is 1. The van der Waals surface area contributed by atoms with Gasteiger partial charge in [0.05, 0.1) is 12.3 Å². The number of carboxylic acids is 1. The summed E-state index contributed by atoms with van der Waals surface area (Å²) in [7, 11) is 0. The van der Waals surface area contributed by atoms with Gasteiger partial charge in [-0.25, -0.2) is 4.79 Å². The second-order valence-corrected chi connectivity index (χ2v) is 6.69. The summed E-state index contributed by atoms with van der Waals surface area (Å²) >= 11 is 0. The van der Waals surface area contributed by atoms with Crippen LogP contribution in [0.25, 0.3) is 0 Å². The van der Waals surface area contributed by atoms with E-state index in [1.54, 1.807) is 48.7 Å². The molecule has 5 N–H and O–H groups in total. The Hall–Kier alpha value is -4.07. The maximum absolute atomic E-state index is 12.0. The Labute approximate surface area is 180 Å².